The van der Waals surface area contributed by atoms with Crippen molar-refractivity contribution in [3.05, 3.63) is 30.1 Å². The highest BCUT2D eigenvalue weighted by Gasteiger charge is 2.25. The highest BCUT2D eigenvalue weighted by atomic mass is 16.5. The van der Waals surface area contributed by atoms with Gasteiger partial charge in [0.2, 0.25) is 5.95 Å². The molecular formula is C20H28N6O2. The number of hydrogen-bond donors (Lipinski definition) is 1. The molecule has 2 atom stereocenters. The number of morpholine rings is 2. The summed E-state index contributed by atoms with van der Waals surface area (Å²) in [7, 11) is 0. The van der Waals surface area contributed by atoms with E-state index in [0.717, 1.165) is 50.5 Å². The number of pyridine rings is 1. The van der Waals surface area contributed by atoms with Crippen molar-refractivity contribution < 1.29 is 9.47 Å². The maximum absolute atomic E-state index is 5.91. The van der Waals surface area contributed by atoms with Crippen molar-refractivity contribution in [1.29, 1.82) is 0 Å². The summed E-state index contributed by atoms with van der Waals surface area (Å²) in [5, 5.41) is 0.943. The van der Waals surface area contributed by atoms with Crippen LogP contribution in [0.5, 0.6) is 0 Å². The van der Waals surface area contributed by atoms with E-state index in [0.29, 0.717) is 23.8 Å². The van der Waals surface area contributed by atoms with Crippen LogP contribution in [-0.4, -0.2) is 71.5 Å². The average Bonchev–Trinajstić information content (AvgIpc) is 2.67. The van der Waals surface area contributed by atoms with Crippen molar-refractivity contribution in [2.24, 2.45) is 0 Å². The fourth-order valence-electron chi connectivity index (χ4n) is 3.75. The quantitative estimate of drug-likeness (QED) is 0.850. The summed E-state index contributed by atoms with van der Waals surface area (Å²) in [6, 6.07) is 3.77. The molecule has 2 aromatic rings. The lowest BCUT2D eigenvalue weighted by atomic mass is 10.2. The molecule has 0 spiro atoms. The van der Waals surface area contributed by atoms with E-state index in [9.17, 15) is 0 Å². The molecule has 2 fully saturated rings. The first-order chi connectivity index (χ1) is 13.6. The first-order valence-corrected chi connectivity index (χ1v) is 9.90. The van der Waals surface area contributed by atoms with E-state index < -0.39 is 0 Å². The molecule has 0 aromatic carbocycles. The maximum atomic E-state index is 5.91. The zero-order chi connectivity index (χ0) is 19.5. The normalized spacial score (nSPS) is 23.6. The lowest BCUT2D eigenvalue weighted by Crippen LogP contribution is -2.46. The number of nitrogens with zero attached hydrogens (tertiary/aromatic N) is 5. The van der Waals surface area contributed by atoms with Gasteiger partial charge in [-0.2, -0.15) is 4.98 Å². The van der Waals surface area contributed by atoms with E-state index >= 15 is 0 Å². The third kappa shape index (κ3) is 4.34. The lowest BCUT2D eigenvalue weighted by molar-refractivity contribution is -0.00571. The van der Waals surface area contributed by atoms with Crippen molar-refractivity contribution in [3.8, 4) is 0 Å². The molecule has 4 rings (SSSR count). The molecule has 0 bridgehead atoms. The van der Waals surface area contributed by atoms with Crippen LogP contribution in [0.4, 0.5) is 11.8 Å². The second kappa shape index (κ2) is 8.28. The molecule has 8 heteroatoms. The minimum atomic E-state index is 0.140. The summed E-state index contributed by atoms with van der Waals surface area (Å²) in [6.07, 6.45) is 5.28. The average molecular weight is 384 g/mol. The Labute approximate surface area is 165 Å². The van der Waals surface area contributed by atoms with Crippen molar-refractivity contribution in [1.82, 2.24) is 19.9 Å². The van der Waals surface area contributed by atoms with Crippen molar-refractivity contribution >= 4 is 22.8 Å². The van der Waals surface area contributed by atoms with E-state index in [1.165, 1.54) is 0 Å². The van der Waals surface area contributed by atoms with Crippen LogP contribution in [0.25, 0.3) is 11.0 Å². The Morgan fingerprint density at radius 3 is 2.61 bits per heavy atom. The molecule has 2 aliphatic rings. The second-order valence-electron chi connectivity index (χ2n) is 7.48. The van der Waals surface area contributed by atoms with Gasteiger partial charge in [0.25, 0.3) is 0 Å². The summed E-state index contributed by atoms with van der Waals surface area (Å²) in [5.41, 5.74) is 7.51. The van der Waals surface area contributed by atoms with Gasteiger partial charge >= 0.3 is 0 Å². The van der Waals surface area contributed by atoms with Crippen LogP contribution in [-0.2, 0) is 15.9 Å². The monoisotopic (exact) mass is 384 g/mol. The molecular weight excluding hydrogens is 356 g/mol. The van der Waals surface area contributed by atoms with Gasteiger partial charge in [0, 0.05) is 38.0 Å². The van der Waals surface area contributed by atoms with Gasteiger partial charge in [-0.1, -0.05) is 6.08 Å². The fourth-order valence-corrected chi connectivity index (χ4v) is 3.75. The van der Waals surface area contributed by atoms with Crippen LogP contribution in [0, 0.1) is 0 Å². The molecule has 28 heavy (non-hydrogen) atoms. The summed E-state index contributed by atoms with van der Waals surface area (Å²) in [4.78, 5) is 18.5. The van der Waals surface area contributed by atoms with Gasteiger partial charge < -0.3 is 25.0 Å². The molecule has 2 aliphatic heterocycles. The van der Waals surface area contributed by atoms with Gasteiger partial charge in [0.05, 0.1) is 31.1 Å². The maximum Gasteiger partial charge on any atom is 0.227 e. The topological polar surface area (TPSA) is 89.6 Å². The van der Waals surface area contributed by atoms with E-state index in [1.54, 1.807) is 6.07 Å². The Morgan fingerprint density at radius 2 is 1.86 bits per heavy atom. The predicted octanol–water partition coefficient (Wildman–Crippen LogP) is 1.61. The number of nitrogen functional groups attached to an aromatic ring is 1. The first kappa shape index (κ1) is 18.9. The Kier molecular flexibility index (Phi) is 5.59. The molecule has 0 saturated carbocycles. The summed E-state index contributed by atoms with van der Waals surface area (Å²) >= 11 is 0. The zero-order valence-corrected chi connectivity index (χ0v) is 16.5. The van der Waals surface area contributed by atoms with E-state index in [1.807, 2.05) is 6.07 Å². The van der Waals surface area contributed by atoms with E-state index in [-0.39, 0.29) is 12.2 Å². The number of allylic oxidation sites excluding steroid dienone is 1. The summed E-state index contributed by atoms with van der Waals surface area (Å²) in [6.45, 7) is 9.09. The number of nitrogens with two attached hydrogens (primary N) is 1. The van der Waals surface area contributed by atoms with Crippen LogP contribution in [0.1, 0.15) is 19.5 Å². The SMILES string of the molecule is CC1CN(c2nc(CC=CN3CCOCC3)c3ccc(N)nc3n2)CC(C)O1. The fraction of sp³-hybridized carbons (Fsp3) is 0.550. The van der Waals surface area contributed by atoms with Gasteiger partial charge in [-0.25, -0.2) is 9.97 Å². The number of rotatable bonds is 4. The van der Waals surface area contributed by atoms with Gasteiger partial charge in [0.1, 0.15) is 5.82 Å². The van der Waals surface area contributed by atoms with Crippen molar-refractivity contribution in [3.63, 3.8) is 0 Å². The highest BCUT2D eigenvalue weighted by molar-refractivity contribution is 5.80. The highest BCUT2D eigenvalue weighted by Crippen LogP contribution is 2.23. The molecule has 0 amide bonds. The summed E-state index contributed by atoms with van der Waals surface area (Å²) < 4.78 is 11.2. The molecule has 2 saturated heterocycles. The van der Waals surface area contributed by atoms with Crippen LogP contribution in [0.15, 0.2) is 24.4 Å². The number of aromatic nitrogens is 3. The van der Waals surface area contributed by atoms with E-state index in [2.05, 4.69) is 40.9 Å². The largest absolute Gasteiger partial charge is 0.384 e. The second-order valence-corrected chi connectivity index (χ2v) is 7.48. The molecule has 0 radical (unpaired) electrons. The molecule has 2 N–H and O–H groups in total. The summed E-state index contributed by atoms with van der Waals surface area (Å²) in [5.74, 6) is 1.16. The van der Waals surface area contributed by atoms with Crippen molar-refractivity contribution in [2.45, 2.75) is 32.5 Å². The zero-order valence-electron chi connectivity index (χ0n) is 16.5. The molecule has 2 aromatic heterocycles. The van der Waals surface area contributed by atoms with Crippen LogP contribution in [0.3, 0.4) is 0 Å². The van der Waals surface area contributed by atoms with Gasteiger partial charge in [0.15, 0.2) is 5.65 Å². The van der Waals surface area contributed by atoms with Gasteiger partial charge in [-0.15, -0.1) is 0 Å². The molecule has 150 valence electrons. The third-order valence-corrected chi connectivity index (χ3v) is 5.02. The molecule has 0 aliphatic carbocycles. The minimum absolute atomic E-state index is 0.140. The Hall–Kier alpha value is -2.45. The van der Waals surface area contributed by atoms with Crippen LogP contribution < -0.4 is 10.6 Å². The number of hydrogen-bond acceptors (Lipinski definition) is 8. The number of anilines is 2. The Bertz CT molecular complexity index is 842. The van der Waals surface area contributed by atoms with Gasteiger partial charge in [-0.05, 0) is 32.2 Å². The molecule has 8 nitrogen and oxygen atoms in total. The van der Waals surface area contributed by atoms with Crippen LogP contribution in [0.2, 0.25) is 0 Å². The van der Waals surface area contributed by atoms with Crippen molar-refractivity contribution in [2.75, 3.05) is 50.0 Å². The third-order valence-electron chi connectivity index (χ3n) is 5.02. The first-order valence-electron chi connectivity index (χ1n) is 9.90. The Balaban J connectivity index is 1.62. The number of fused-ring (bicyclic) bond motifs is 1. The smallest absolute Gasteiger partial charge is 0.227 e. The lowest BCUT2D eigenvalue weighted by Gasteiger charge is -2.35. The van der Waals surface area contributed by atoms with E-state index in [4.69, 9.17) is 25.2 Å². The standard InChI is InChI=1S/C20H28N6O2/c1-14-12-26(13-15(2)28-14)20-22-17(4-3-7-25-8-10-27-11-9-25)16-5-6-18(21)23-19(16)24-20/h3,5-7,14-15H,4,8-13H2,1-2H3,(H2,21,22,23,24). The number of ether oxygens (including phenoxy) is 2. The predicted molar refractivity (Wildman–Crippen MR) is 109 cm³/mol. The van der Waals surface area contributed by atoms with Crippen LogP contribution >= 0.6 is 0 Å². The molecule has 4 heterocycles. The minimum Gasteiger partial charge on any atom is -0.384 e. The van der Waals surface area contributed by atoms with Gasteiger partial charge in [-0.3, -0.25) is 0 Å². The molecule has 2 unspecified atom stereocenters. The Morgan fingerprint density at radius 1 is 1.11 bits per heavy atom.